The van der Waals surface area contributed by atoms with Gasteiger partial charge in [0.1, 0.15) is 24.1 Å². The van der Waals surface area contributed by atoms with E-state index >= 15 is 0 Å². The number of hydrazone groups is 1. The molecule has 1 atom stereocenters. The van der Waals surface area contributed by atoms with Gasteiger partial charge >= 0.3 is 0 Å². The zero-order valence-corrected chi connectivity index (χ0v) is 22.6. The largest absolute Gasteiger partial charge is 0.487 e. The minimum atomic E-state index is -0.738. The third-order valence-electron chi connectivity index (χ3n) is 4.57. The van der Waals surface area contributed by atoms with Crippen LogP contribution < -0.4 is 20.2 Å². The number of carbonyl (C=O) groups excluding carboxylic acids is 2. The van der Waals surface area contributed by atoms with Gasteiger partial charge in [-0.05, 0) is 80.4 Å². The van der Waals surface area contributed by atoms with Gasteiger partial charge in [-0.15, -0.1) is 0 Å². The Morgan fingerprint density at radius 3 is 2.44 bits per heavy atom. The maximum Gasteiger partial charge on any atom is 0.262 e. The van der Waals surface area contributed by atoms with Crippen molar-refractivity contribution in [3.63, 3.8) is 0 Å². The number of para-hydroxylation sites is 1. The summed E-state index contributed by atoms with van der Waals surface area (Å²) in [4.78, 5) is 25.1. The summed E-state index contributed by atoms with van der Waals surface area (Å²) in [6, 6.07) is 10.3. The van der Waals surface area contributed by atoms with Gasteiger partial charge in [0.2, 0.25) is 0 Å². The van der Waals surface area contributed by atoms with Crippen molar-refractivity contribution in [2.24, 2.45) is 11.0 Å². The Bertz CT molecular complexity index is 1020. The zero-order chi connectivity index (χ0) is 25.1. The number of amides is 2. The summed E-state index contributed by atoms with van der Waals surface area (Å²) < 4.78 is 12.6. The molecule has 2 amide bonds. The molecule has 0 spiro atoms. The molecule has 0 radical (unpaired) electrons. The first-order chi connectivity index (χ1) is 16.2. The van der Waals surface area contributed by atoms with Crippen LogP contribution in [-0.4, -0.2) is 37.3 Å². The topological polar surface area (TPSA) is 89.0 Å². The number of nitrogens with one attached hydrogen (secondary N) is 2. The molecule has 0 aromatic heterocycles. The zero-order valence-electron chi connectivity index (χ0n) is 19.4. The molecule has 2 N–H and O–H groups in total. The fourth-order valence-electron chi connectivity index (χ4n) is 2.98. The monoisotopic (exact) mass is 593 g/mol. The minimum Gasteiger partial charge on any atom is -0.487 e. The number of ether oxygens (including phenoxy) is 2. The number of carbonyl (C=O) groups is 2. The van der Waals surface area contributed by atoms with Crippen molar-refractivity contribution in [3.8, 4) is 11.5 Å². The van der Waals surface area contributed by atoms with Crippen molar-refractivity contribution >= 4 is 49.9 Å². The van der Waals surface area contributed by atoms with Gasteiger partial charge in [-0.1, -0.05) is 44.7 Å². The lowest BCUT2D eigenvalue weighted by Gasteiger charge is -2.19. The average Bonchev–Trinajstić information content (AvgIpc) is 2.77. The van der Waals surface area contributed by atoms with Gasteiger partial charge in [0.25, 0.3) is 11.8 Å². The van der Waals surface area contributed by atoms with Gasteiger partial charge < -0.3 is 14.8 Å². The molecule has 0 bridgehead atoms. The predicted molar refractivity (Wildman–Crippen MR) is 141 cm³/mol. The first-order valence-corrected chi connectivity index (χ1v) is 12.3. The molecule has 0 fully saturated rings. The lowest BCUT2D eigenvalue weighted by atomic mass is 10.0. The highest BCUT2D eigenvalue weighted by molar-refractivity contribution is 9.11. The molecular weight excluding hydrogens is 566 g/mol. The maximum absolute atomic E-state index is 12.7. The summed E-state index contributed by atoms with van der Waals surface area (Å²) in [7, 11) is 0. The van der Waals surface area contributed by atoms with Gasteiger partial charge in [0, 0.05) is 0 Å². The molecular formula is C25H29Br2N3O4. The van der Waals surface area contributed by atoms with Crippen molar-refractivity contribution in [2.75, 3.05) is 13.2 Å². The first kappa shape index (κ1) is 27.6. The minimum absolute atomic E-state index is 0.182. The Morgan fingerprint density at radius 2 is 1.82 bits per heavy atom. The maximum atomic E-state index is 12.7. The smallest absolute Gasteiger partial charge is 0.262 e. The van der Waals surface area contributed by atoms with Crippen molar-refractivity contribution < 1.29 is 19.1 Å². The predicted octanol–water partition coefficient (Wildman–Crippen LogP) is 5.14. The van der Waals surface area contributed by atoms with Crippen LogP contribution in [0.15, 0.2) is 63.1 Å². The Labute approximate surface area is 217 Å². The van der Waals surface area contributed by atoms with Gasteiger partial charge in [-0.3, -0.25) is 9.59 Å². The summed E-state index contributed by atoms with van der Waals surface area (Å²) in [5, 5.41) is 6.79. The SMILES string of the molecule is C=CCOc1c(Br)cc(/C=N\NC(=O)[C@@H](CC(C)C)NC(=O)COc2ccccc2C)cc1Br. The van der Waals surface area contributed by atoms with Crippen LogP contribution in [0.2, 0.25) is 0 Å². The molecule has 2 rings (SSSR count). The van der Waals surface area contributed by atoms with E-state index in [4.69, 9.17) is 9.47 Å². The number of hydrogen-bond acceptors (Lipinski definition) is 5. The third kappa shape index (κ3) is 8.95. The van der Waals surface area contributed by atoms with Crippen molar-refractivity contribution in [1.82, 2.24) is 10.7 Å². The van der Waals surface area contributed by atoms with Crippen LogP contribution in [-0.2, 0) is 9.59 Å². The number of halogens is 2. The highest BCUT2D eigenvalue weighted by Crippen LogP contribution is 2.34. The van der Waals surface area contributed by atoms with E-state index in [1.807, 2.05) is 51.1 Å². The molecule has 0 aliphatic carbocycles. The molecule has 2 aromatic rings. The highest BCUT2D eigenvalue weighted by Gasteiger charge is 2.22. The van der Waals surface area contributed by atoms with Crippen molar-refractivity contribution in [1.29, 1.82) is 0 Å². The van der Waals surface area contributed by atoms with Gasteiger partial charge in [0.05, 0.1) is 15.2 Å². The number of hydrogen-bond donors (Lipinski definition) is 2. The number of rotatable bonds is 12. The number of benzene rings is 2. The second kappa shape index (κ2) is 13.9. The van der Waals surface area contributed by atoms with Crippen LogP contribution in [0.1, 0.15) is 31.4 Å². The standard InChI is InChI=1S/C25H29Br2N3O4/c1-5-10-33-24-19(26)12-18(13-20(24)27)14-28-30-25(32)21(11-16(2)3)29-23(31)15-34-22-9-7-6-8-17(22)4/h5-9,12-14,16,21H,1,10-11,15H2,2-4H3,(H,29,31)(H,30,32)/b28-14-/t21-/m1/s1. The first-order valence-electron chi connectivity index (χ1n) is 10.7. The molecule has 2 aromatic carbocycles. The normalized spacial score (nSPS) is 11.8. The van der Waals surface area contributed by atoms with Crippen LogP contribution in [0.3, 0.4) is 0 Å². The molecule has 9 heteroatoms. The summed E-state index contributed by atoms with van der Waals surface area (Å²) in [6.45, 7) is 9.68. The van der Waals surface area contributed by atoms with E-state index in [-0.39, 0.29) is 18.4 Å². The molecule has 0 saturated heterocycles. The molecule has 34 heavy (non-hydrogen) atoms. The average molecular weight is 595 g/mol. The van der Waals surface area contributed by atoms with Crippen LogP contribution in [0, 0.1) is 12.8 Å². The van der Waals surface area contributed by atoms with E-state index in [1.54, 1.807) is 12.1 Å². The molecule has 7 nitrogen and oxygen atoms in total. The number of nitrogens with zero attached hydrogens (tertiary/aromatic N) is 1. The van der Waals surface area contributed by atoms with E-state index in [0.717, 1.165) is 20.1 Å². The second-order valence-electron chi connectivity index (χ2n) is 7.95. The quantitative estimate of drug-likeness (QED) is 0.202. The van der Waals surface area contributed by atoms with Gasteiger partial charge in [-0.2, -0.15) is 5.10 Å². The van der Waals surface area contributed by atoms with E-state index in [9.17, 15) is 9.59 Å². The molecule has 0 unspecified atom stereocenters. The van der Waals surface area contributed by atoms with Gasteiger partial charge in [0.15, 0.2) is 6.61 Å². The second-order valence-corrected chi connectivity index (χ2v) is 9.66. The summed E-state index contributed by atoms with van der Waals surface area (Å²) in [5.74, 6) is 0.681. The highest BCUT2D eigenvalue weighted by atomic mass is 79.9. The van der Waals surface area contributed by atoms with E-state index in [0.29, 0.717) is 24.5 Å². The van der Waals surface area contributed by atoms with Crippen molar-refractivity contribution in [3.05, 3.63) is 69.1 Å². The summed E-state index contributed by atoms with van der Waals surface area (Å²) >= 11 is 6.93. The van der Waals surface area contributed by atoms with E-state index in [2.05, 4.69) is 54.3 Å². The van der Waals surface area contributed by atoms with Crippen molar-refractivity contribution in [2.45, 2.75) is 33.2 Å². The van der Waals surface area contributed by atoms with E-state index in [1.165, 1.54) is 6.21 Å². The molecule has 0 aliphatic rings. The van der Waals surface area contributed by atoms with Crippen LogP contribution in [0.25, 0.3) is 0 Å². The Kier molecular flexibility index (Phi) is 11.3. The third-order valence-corrected chi connectivity index (χ3v) is 5.74. The van der Waals surface area contributed by atoms with Gasteiger partial charge in [-0.25, -0.2) is 5.43 Å². The molecule has 0 heterocycles. The molecule has 0 saturated carbocycles. The van der Waals surface area contributed by atoms with Crippen LogP contribution >= 0.6 is 31.9 Å². The van der Waals surface area contributed by atoms with Crippen LogP contribution in [0.5, 0.6) is 11.5 Å². The fraction of sp³-hybridized carbons (Fsp3) is 0.320. The summed E-state index contributed by atoms with van der Waals surface area (Å²) in [5.41, 5.74) is 4.18. The summed E-state index contributed by atoms with van der Waals surface area (Å²) in [6.07, 6.45) is 3.63. The molecule has 182 valence electrons. The Balaban J connectivity index is 1.98. The fourth-order valence-corrected chi connectivity index (χ4v) is 4.43. The Morgan fingerprint density at radius 1 is 1.15 bits per heavy atom. The lowest BCUT2D eigenvalue weighted by molar-refractivity contribution is -0.130. The Hall–Kier alpha value is -2.65. The van der Waals surface area contributed by atoms with E-state index < -0.39 is 11.9 Å². The lowest BCUT2D eigenvalue weighted by Crippen LogP contribution is -2.47. The molecule has 0 aliphatic heterocycles. The number of aryl methyl sites for hydroxylation is 1. The van der Waals surface area contributed by atoms with Crippen LogP contribution in [0.4, 0.5) is 0 Å².